The predicted octanol–water partition coefficient (Wildman–Crippen LogP) is 1.95. The molecule has 0 radical (unpaired) electrons. The van der Waals surface area contributed by atoms with Crippen LogP contribution in [0.25, 0.3) is 0 Å². The lowest BCUT2D eigenvalue weighted by atomic mass is 10.0. The summed E-state index contributed by atoms with van der Waals surface area (Å²) in [5, 5.41) is 0. The third-order valence-corrected chi connectivity index (χ3v) is 3.13. The zero-order chi connectivity index (χ0) is 9.76. The fraction of sp³-hybridized carbons (Fsp3) is 0.364. The summed E-state index contributed by atoms with van der Waals surface area (Å²) in [6.45, 7) is 2.58. The van der Waals surface area contributed by atoms with Crippen molar-refractivity contribution in [2.24, 2.45) is 0 Å². The van der Waals surface area contributed by atoms with Crippen molar-refractivity contribution < 1.29 is 9.53 Å². The molecule has 3 heteroatoms. The third-order valence-electron chi connectivity index (χ3n) is 3.13. The van der Waals surface area contributed by atoms with E-state index >= 15 is 0 Å². The highest BCUT2D eigenvalue weighted by Crippen LogP contribution is 2.56. The van der Waals surface area contributed by atoms with E-state index in [2.05, 4.69) is 19.1 Å². The largest absolute Gasteiger partial charge is 0.447 e. The Hall–Kier alpha value is -1.51. The Bertz CT molecular complexity index is 390. The first kappa shape index (κ1) is 7.85. The number of cyclic esters (lactones) is 1. The zero-order valence-corrected chi connectivity index (χ0v) is 7.93. The van der Waals surface area contributed by atoms with Crippen LogP contribution in [-0.4, -0.2) is 23.1 Å². The monoisotopic (exact) mass is 189 g/mol. The summed E-state index contributed by atoms with van der Waals surface area (Å²) in [6, 6.07) is 10.3. The van der Waals surface area contributed by atoms with Crippen molar-refractivity contribution in [3.63, 3.8) is 0 Å². The summed E-state index contributed by atoms with van der Waals surface area (Å²) >= 11 is 0. The molecule has 2 saturated heterocycles. The highest BCUT2D eigenvalue weighted by atomic mass is 16.6. The van der Waals surface area contributed by atoms with E-state index in [0.717, 1.165) is 0 Å². The van der Waals surface area contributed by atoms with E-state index in [9.17, 15) is 4.79 Å². The smallest absolute Gasteiger partial charge is 0.411 e. The quantitative estimate of drug-likeness (QED) is 0.632. The maximum absolute atomic E-state index is 11.3. The number of ether oxygens (including phenoxy) is 1. The lowest BCUT2D eigenvalue weighted by Crippen LogP contribution is -2.11. The van der Waals surface area contributed by atoms with Gasteiger partial charge in [0.05, 0.1) is 6.04 Å². The van der Waals surface area contributed by atoms with Gasteiger partial charge in [-0.05, 0) is 12.5 Å². The van der Waals surface area contributed by atoms with Crippen LogP contribution in [0.5, 0.6) is 0 Å². The molecule has 1 aromatic rings. The molecule has 1 amide bonds. The van der Waals surface area contributed by atoms with Crippen molar-refractivity contribution in [1.82, 2.24) is 4.90 Å². The molecule has 0 spiro atoms. The molecule has 0 N–H and O–H groups in total. The molecular formula is C11H11NO2. The van der Waals surface area contributed by atoms with Crippen LogP contribution in [0, 0.1) is 0 Å². The number of hydrogen-bond donors (Lipinski definition) is 0. The van der Waals surface area contributed by atoms with Crippen LogP contribution in [0.2, 0.25) is 0 Å². The third kappa shape index (κ3) is 0.794. The van der Waals surface area contributed by atoms with E-state index < -0.39 is 0 Å². The van der Waals surface area contributed by atoms with Crippen molar-refractivity contribution in [1.29, 1.82) is 0 Å². The van der Waals surface area contributed by atoms with E-state index in [0.29, 0.717) is 6.61 Å². The van der Waals surface area contributed by atoms with Gasteiger partial charge in [-0.15, -0.1) is 0 Å². The number of carbonyl (C=O) groups excluding carboxylic acids is 1. The van der Waals surface area contributed by atoms with Gasteiger partial charge in [0, 0.05) is 0 Å². The van der Waals surface area contributed by atoms with Gasteiger partial charge in [-0.1, -0.05) is 30.3 Å². The van der Waals surface area contributed by atoms with Crippen LogP contribution in [0.4, 0.5) is 4.79 Å². The minimum atomic E-state index is -0.179. The van der Waals surface area contributed by atoms with Gasteiger partial charge < -0.3 is 4.74 Å². The van der Waals surface area contributed by atoms with E-state index in [1.165, 1.54) is 5.56 Å². The van der Waals surface area contributed by atoms with E-state index in [1.807, 2.05) is 23.1 Å². The zero-order valence-electron chi connectivity index (χ0n) is 7.93. The Kier molecular flexibility index (Phi) is 1.29. The molecule has 2 aliphatic heterocycles. The lowest BCUT2D eigenvalue weighted by Gasteiger charge is -2.05. The minimum Gasteiger partial charge on any atom is -0.447 e. The fourth-order valence-corrected chi connectivity index (χ4v) is 2.31. The second-order valence-electron chi connectivity index (χ2n) is 4.09. The van der Waals surface area contributed by atoms with E-state index in [4.69, 9.17) is 4.74 Å². The molecule has 2 heterocycles. The molecule has 0 unspecified atom stereocenters. The number of benzene rings is 1. The summed E-state index contributed by atoms with van der Waals surface area (Å²) < 4.78 is 4.96. The van der Waals surface area contributed by atoms with Crippen LogP contribution in [0.15, 0.2) is 30.3 Å². The van der Waals surface area contributed by atoms with Crippen molar-refractivity contribution in [2.45, 2.75) is 18.5 Å². The standard InChI is InChI=1S/C11H11NO2/c1-11-7-14-10(13)12(11)9(11)8-5-3-2-4-6-8/h2-6,9H,7H2,1H3/t9-,11-,12?/m1/s1. The van der Waals surface area contributed by atoms with Crippen molar-refractivity contribution in [3.05, 3.63) is 35.9 Å². The van der Waals surface area contributed by atoms with Crippen LogP contribution >= 0.6 is 0 Å². The first-order valence-corrected chi connectivity index (χ1v) is 4.74. The molecule has 3 nitrogen and oxygen atoms in total. The number of carbonyl (C=O) groups is 1. The maximum Gasteiger partial charge on any atom is 0.411 e. The number of nitrogens with zero attached hydrogens (tertiary/aromatic N) is 1. The lowest BCUT2D eigenvalue weighted by molar-refractivity contribution is 0.153. The SMILES string of the molecule is C[C@]12COC(=O)N1[C@@H]2c1ccccc1. The summed E-state index contributed by atoms with van der Waals surface area (Å²) in [5.74, 6) is 0. The molecule has 0 saturated carbocycles. The molecule has 0 bridgehead atoms. The van der Waals surface area contributed by atoms with Gasteiger partial charge in [-0.2, -0.15) is 0 Å². The van der Waals surface area contributed by atoms with Gasteiger partial charge in [-0.25, -0.2) is 4.79 Å². The van der Waals surface area contributed by atoms with Gasteiger partial charge >= 0.3 is 6.09 Å². The normalized spacial score (nSPS) is 33.9. The van der Waals surface area contributed by atoms with E-state index in [-0.39, 0.29) is 17.7 Å². The Morgan fingerprint density at radius 1 is 1.43 bits per heavy atom. The average Bonchev–Trinajstić information content (AvgIpc) is 2.73. The molecule has 14 heavy (non-hydrogen) atoms. The molecule has 2 atom stereocenters. The fourth-order valence-electron chi connectivity index (χ4n) is 2.31. The Morgan fingerprint density at radius 2 is 2.14 bits per heavy atom. The number of fused-ring (bicyclic) bond motifs is 1. The van der Waals surface area contributed by atoms with Crippen LogP contribution in [-0.2, 0) is 4.74 Å². The molecule has 3 rings (SSSR count). The van der Waals surface area contributed by atoms with Gasteiger partial charge in [0.2, 0.25) is 0 Å². The van der Waals surface area contributed by atoms with Crippen LogP contribution in [0.1, 0.15) is 18.5 Å². The molecule has 0 aromatic heterocycles. The number of hydrogen-bond acceptors (Lipinski definition) is 2. The molecule has 72 valence electrons. The van der Waals surface area contributed by atoms with Gasteiger partial charge in [0.15, 0.2) is 0 Å². The van der Waals surface area contributed by atoms with Gasteiger partial charge in [-0.3, -0.25) is 4.90 Å². The van der Waals surface area contributed by atoms with Crippen molar-refractivity contribution >= 4 is 6.09 Å². The molecule has 2 aliphatic rings. The maximum atomic E-state index is 11.3. The van der Waals surface area contributed by atoms with Gasteiger partial charge in [0.25, 0.3) is 0 Å². The molecule has 0 aliphatic carbocycles. The van der Waals surface area contributed by atoms with E-state index in [1.54, 1.807) is 0 Å². The topological polar surface area (TPSA) is 29.3 Å². The van der Waals surface area contributed by atoms with Crippen LogP contribution < -0.4 is 0 Å². The summed E-state index contributed by atoms with van der Waals surface area (Å²) in [5.41, 5.74) is 1.12. The molecule has 1 aromatic carbocycles. The molecular weight excluding hydrogens is 178 g/mol. The molecule has 2 fully saturated rings. The van der Waals surface area contributed by atoms with Crippen LogP contribution in [0.3, 0.4) is 0 Å². The highest BCUT2D eigenvalue weighted by Gasteiger charge is 2.68. The summed E-state index contributed by atoms with van der Waals surface area (Å²) in [6.07, 6.45) is -0.179. The number of amides is 1. The first-order chi connectivity index (χ1) is 6.73. The Balaban J connectivity index is 1.95. The second-order valence-corrected chi connectivity index (χ2v) is 4.09. The van der Waals surface area contributed by atoms with Crippen molar-refractivity contribution in [2.75, 3.05) is 6.61 Å². The van der Waals surface area contributed by atoms with Gasteiger partial charge in [0.1, 0.15) is 12.1 Å². The first-order valence-electron chi connectivity index (χ1n) is 4.74. The second kappa shape index (κ2) is 2.29. The van der Waals surface area contributed by atoms with Crippen molar-refractivity contribution in [3.8, 4) is 0 Å². The Morgan fingerprint density at radius 3 is 2.71 bits per heavy atom. The summed E-state index contributed by atoms with van der Waals surface area (Å²) in [7, 11) is 0. The summed E-state index contributed by atoms with van der Waals surface area (Å²) in [4.78, 5) is 13.1. The average molecular weight is 189 g/mol. The minimum absolute atomic E-state index is 0.0849. The number of rotatable bonds is 1. The highest BCUT2D eigenvalue weighted by molar-refractivity contribution is 5.77. The Labute approximate surface area is 82.3 Å². The predicted molar refractivity (Wildman–Crippen MR) is 50.8 cm³/mol.